The van der Waals surface area contributed by atoms with Crippen LogP contribution in [0.3, 0.4) is 0 Å². The quantitative estimate of drug-likeness (QED) is 0.119. The van der Waals surface area contributed by atoms with E-state index in [1.165, 1.54) is 18.2 Å². The maximum atomic E-state index is 12.8. The lowest BCUT2D eigenvalue weighted by Crippen LogP contribution is -2.43. The summed E-state index contributed by atoms with van der Waals surface area (Å²) in [7, 11) is -3.96. The average molecular weight is 545 g/mol. The van der Waals surface area contributed by atoms with Gasteiger partial charge >= 0.3 is 0 Å². The van der Waals surface area contributed by atoms with E-state index < -0.39 is 33.6 Å². The molecule has 0 saturated carbocycles. The predicted molar refractivity (Wildman–Crippen MR) is 141 cm³/mol. The van der Waals surface area contributed by atoms with Gasteiger partial charge in [-0.2, -0.15) is 4.72 Å². The monoisotopic (exact) mass is 544 g/mol. The molecule has 3 aromatic carbocycles. The van der Waals surface area contributed by atoms with Crippen LogP contribution >= 0.6 is 11.6 Å². The summed E-state index contributed by atoms with van der Waals surface area (Å²) in [4.78, 5) is 25.4. The number of nitrogens with zero attached hydrogens (tertiary/aromatic N) is 1. The van der Waals surface area contributed by atoms with Gasteiger partial charge in [0.05, 0.1) is 21.3 Å². The molecule has 37 heavy (non-hydrogen) atoms. The Morgan fingerprint density at radius 3 is 2.24 bits per heavy atom. The van der Waals surface area contributed by atoms with Gasteiger partial charge in [0.25, 0.3) is 5.91 Å². The third kappa shape index (κ3) is 6.85. The second-order valence-corrected chi connectivity index (χ2v) is 10.1. The van der Waals surface area contributed by atoms with E-state index in [0.29, 0.717) is 5.56 Å². The number of sulfonamides is 1. The molecule has 0 radical (unpaired) electrons. The molecular formula is C25H25ClN4O6S. The zero-order valence-corrected chi connectivity index (χ0v) is 21.5. The number of oxime groups is 1. The van der Waals surface area contributed by atoms with Crippen LogP contribution in [0.25, 0.3) is 0 Å². The lowest BCUT2D eigenvalue weighted by Gasteiger charge is -2.18. The molecule has 5 N–H and O–H groups in total. The van der Waals surface area contributed by atoms with E-state index in [1.807, 2.05) is 6.92 Å². The predicted octanol–water partition coefficient (Wildman–Crippen LogP) is 3.87. The van der Waals surface area contributed by atoms with E-state index in [4.69, 9.17) is 11.6 Å². The van der Waals surface area contributed by atoms with Crippen molar-refractivity contribution < 1.29 is 28.3 Å². The minimum Gasteiger partial charge on any atom is -0.506 e. The van der Waals surface area contributed by atoms with Crippen molar-refractivity contribution in [2.75, 3.05) is 10.6 Å². The van der Waals surface area contributed by atoms with Crippen molar-refractivity contribution in [3.63, 3.8) is 0 Å². The van der Waals surface area contributed by atoms with Crippen LogP contribution in [-0.4, -0.2) is 42.3 Å². The Balaban J connectivity index is 1.74. The van der Waals surface area contributed by atoms with E-state index >= 15 is 0 Å². The number of anilines is 2. The van der Waals surface area contributed by atoms with Crippen LogP contribution in [0.4, 0.5) is 11.4 Å². The van der Waals surface area contributed by atoms with E-state index in [2.05, 4.69) is 20.5 Å². The van der Waals surface area contributed by atoms with Crippen molar-refractivity contribution >= 4 is 50.5 Å². The van der Waals surface area contributed by atoms with Crippen molar-refractivity contribution in [1.29, 1.82) is 0 Å². The van der Waals surface area contributed by atoms with Gasteiger partial charge in [-0.05, 0) is 31.5 Å². The molecular weight excluding hydrogens is 520 g/mol. The summed E-state index contributed by atoms with van der Waals surface area (Å²) < 4.78 is 27.6. The number of nitrogens with one attached hydrogen (secondary N) is 3. The standard InChI is InChI=1S/C25H25ClN4O6S/c1-3-19(30-37(35,36)17-7-5-4-6-8-17)24(32)27-20-14-22(31)21(13-18(20)26)28-25(33)23(29-34)16-11-9-15(2)10-12-16/h4-14,19,30-31,34H,3H2,1-2H3,(H,27,32)(H,28,33). The topological polar surface area (TPSA) is 157 Å². The summed E-state index contributed by atoms with van der Waals surface area (Å²) in [5.74, 6) is -1.95. The number of aromatic hydroxyl groups is 1. The van der Waals surface area contributed by atoms with Crippen LogP contribution in [0, 0.1) is 6.92 Å². The number of halogens is 1. The highest BCUT2D eigenvalue weighted by Gasteiger charge is 2.25. The molecule has 0 aliphatic carbocycles. The summed E-state index contributed by atoms with van der Waals surface area (Å²) in [6.45, 7) is 3.49. The fourth-order valence-electron chi connectivity index (χ4n) is 3.28. The van der Waals surface area contributed by atoms with Crippen molar-refractivity contribution in [3.05, 3.63) is 82.9 Å². The number of benzene rings is 3. The van der Waals surface area contributed by atoms with Gasteiger partial charge in [0.2, 0.25) is 15.9 Å². The molecule has 0 bridgehead atoms. The summed E-state index contributed by atoms with van der Waals surface area (Å²) in [5.41, 5.74) is 0.905. The van der Waals surface area contributed by atoms with Crippen molar-refractivity contribution in [2.24, 2.45) is 5.16 Å². The SMILES string of the molecule is CCC(NS(=O)(=O)c1ccccc1)C(=O)Nc1cc(O)c(NC(=O)C(=NO)c2ccc(C)cc2)cc1Cl. The smallest absolute Gasteiger partial charge is 0.278 e. The molecule has 10 nitrogen and oxygen atoms in total. The summed E-state index contributed by atoms with van der Waals surface area (Å²) in [6, 6.07) is 15.5. The highest BCUT2D eigenvalue weighted by atomic mass is 35.5. The van der Waals surface area contributed by atoms with E-state index in [9.17, 15) is 28.3 Å². The molecule has 0 fully saturated rings. The van der Waals surface area contributed by atoms with E-state index in [0.717, 1.165) is 11.6 Å². The summed E-state index contributed by atoms with van der Waals surface area (Å²) in [5, 5.41) is 27.7. The van der Waals surface area contributed by atoms with Crippen molar-refractivity contribution in [3.8, 4) is 5.75 Å². The van der Waals surface area contributed by atoms with Crippen LogP contribution in [0.2, 0.25) is 5.02 Å². The normalized spacial score (nSPS) is 12.6. The third-order valence-electron chi connectivity index (χ3n) is 5.31. The van der Waals surface area contributed by atoms with Crippen molar-refractivity contribution in [2.45, 2.75) is 31.2 Å². The van der Waals surface area contributed by atoms with E-state index in [-0.39, 0.29) is 33.4 Å². The van der Waals surface area contributed by atoms with Gasteiger partial charge in [-0.1, -0.05) is 71.7 Å². The molecule has 2 amide bonds. The van der Waals surface area contributed by atoms with Gasteiger partial charge in [-0.15, -0.1) is 0 Å². The first-order valence-corrected chi connectivity index (χ1v) is 12.9. The molecule has 0 spiro atoms. The fourth-order valence-corrected chi connectivity index (χ4v) is 4.79. The van der Waals surface area contributed by atoms with Crippen LogP contribution in [0.1, 0.15) is 24.5 Å². The molecule has 3 rings (SSSR count). The van der Waals surface area contributed by atoms with E-state index in [1.54, 1.807) is 49.4 Å². The maximum Gasteiger partial charge on any atom is 0.278 e. The van der Waals surface area contributed by atoms with Gasteiger partial charge in [0, 0.05) is 11.6 Å². The molecule has 1 atom stereocenters. The van der Waals surface area contributed by atoms with Crippen LogP contribution in [0.5, 0.6) is 5.75 Å². The Labute approximate surface area is 219 Å². The first-order chi connectivity index (χ1) is 17.6. The Bertz CT molecular complexity index is 1430. The molecule has 0 saturated heterocycles. The average Bonchev–Trinajstić information content (AvgIpc) is 2.87. The Morgan fingerprint density at radius 1 is 1.00 bits per heavy atom. The highest BCUT2D eigenvalue weighted by Crippen LogP contribution is 2.34. The number of hydrogen-bond donors (Lipinski definition) is 5. The van der Waals surface area contributed by atoms with Gasteiger partial charge in [-0.25, -0.2) is 8.42 Å². The number of hydrogen-bond acceptors (Lipinski definition) is 7. The molecule has 0 aliphatic heterocycles. The molecule has 194 valence electrons. The number of amides is 2. The number of phenols is 1. The number of phenolic OH excluding ortho intramolecular Hbond substituents is 1. The second kappa shape index (κ2) is 11.9. The molecule has 3 aromatic rings. The number of carbonyl (C=O) groups is 2. The first-order valence-electron chi connectivity index (χ1n) is 11.1. The first kappa shape index (κ1) is 27.7. The summed E-state index contributed by atoms with van der Waals surface area (Å²) in [6.07, 6.45) is 0.137. The minimum atomic E-state index is -3.96. The number of aryl methyl sites for hydroxylation is 1. The van der Waals surface area contributed by atoms with Crippen molar-refractivity contribution in [1.82, 2.24) is 4.72 Å². The van der Waals surface area contributed by atoms with Crippen LogP contribution in [0.15, 0.2) is 76.8 Å². The molecule has 0 aromatic heterocycles. The lowest BCUT2D eigenvalue weighted by atomic mass is 10.1. The van der Waals surface area contributed by atoms with Gasteiger partial charge in [0.15, 0.2) is 5.71 Å². The Hall–Kier alpha value is -3.93. The Kier molecular flexibility index (Phi) is 8.87. The van der Waals surface area contributed by atoms with Gasteiger partial charge in [-0.3, -0.25) is 9.59 Å². The molecule has 0 aliphatic rings. The molecule has 1 unspecified atom stereocenters. The fraction of sp³-hybridized carbons (Fsp3) is 0.160. The minimum absolute atomic E-state index is 0.00546. The van der Waals surface area contributed by atoms with Crippen LogP contribution < -0.4 is 15.4 Å². The number of carbonyl (C=O) groups excluding carboxylic acids is 2. The zero-order valence-electron chi connectivity index (χ0n) is 19.9. The molecule has 0 heterocycles. The number of rotatable bonds is 9. The van der Waals surface area contributed by atoms with Gasteiger partial charge < -0.3 is 20.9 Å². The lowest BCUT2D eigenvalue weighted by molar-refractivity contribution is -0.117. The maximum absolute atomic E-state index is 12.8. The second-order valence-electron chi connectivity index (χ2n) is 8.00. The molecule has 12 heteroatoms. The van der Waals surface area contributed by atoms with Gasteiger partial charge in [0.1, 0.15) is 11.8 Å². The third-order valence-corrected chi connectivity index (χ3v) is 7.11. The highest BCUT2D eigenvalue weighted by molar-refractivity contribution is 7.89. The zero-order chi connectivity index (χ0) is 27.2. The largest absolute Gasteiger partial charge is 0.506 e. The summed E-state index contributed by atoms with van der Waals surface area (Å²) >= 11 is 6.26. The Morgan fingerprint density at radius 2 is 1.65 bits per heavy atom. The van der Waals surface area contributed by atoms with Crippen LogP contribution in [-0.2, 0) is 19.6 Å².